The third kappa shape index (κ3) is 4.28. The molecule has 1 atom stereocenters. The topological polar surface area (TPSA) is 107 Å². The molecule has 2 fully saturated rings. The number of hydrogen-bond acceptors (Lipinski definition) is 5. The number of hydrogen-bond donors (Lipinski definition) is 3. The monoisotopic (exact) mass is 398 g/mol. The Kier molecular flexibility index (Phi) is 5.82. The lowest BCUT2D eigenvalue weighted by molar-refractivity contribution is -0.133. The number of aromatic amines is 1. The maximum Gasteiger partial charge on any atom is 0.250 e. The minimum Gasteiger partial charge on any atom is -0.366 e. The van der Waals surface area contributed by atoms with Crippen LogP contribution in [0.15, 0.2) is 18.3 Å². The molecule has 1 aromatic carbocycles. The Bertz CT molecular complexity index is 880. The number of H-pyrrole nitrogens is 1. The van der Waals surface area contributed by atoms with Crippen LogP contribution in [0.5, 0.6) is 0 Å². The van der Waals surface area contributed by atoms with Crippen molar-refractivity contribution in [1.29, 1.82) is 0 Å². The summed E-state index contributed by atoms with van der Waals surface area (Å²) < 4.78 is 0. The normalized spacial score (nSPS) is 20.1. The van der Waals surface area contributed by atoms with Crippen molar-refractivity contribution in [3.8, 4) is 0 Å². The number of aromatic nitrogens is 2. The molecule has 1 aromatic heterocycles. The third-order valence-electron chi connectivity index (χ3n) is 6.38. The van der Waals surface area contributed by atoms with Crippen LogP contribution < -0.4 is 11.1 Å². The van der Waals surface area contributed by atoms with E-state index in [2.05, 4.69) is 20.4 Å². The van der Waals surface area contributed by atoms with E-state index in [-0.39, 0.29) is 11.8 Å². The average Bonchev–Trinajstić information content (AvgIpc) is 3.22. The van der Waals surface area contributed by atoms with Gasteiger partial charge in [0, 0.05) is 44.0 Å². The highest BCUT2D eigenvalue weighted by molar-refractivity contribution is 6.05. The molecule has 2 aliphatic rings. The molecule has 8 heteroatoms. The summed E-state index contributed by atoms with van der Waals surface area (Å²) in [5.41, 5.74) is 7.54. The van der Waals surface area contributed by atoms with Gasteiger partial charge in [-0.2, -0.15) is 5.10 Å². The van der Waals surface area contributed by atoms with Crippen molar-refractivity contribution in [2.45, 2.75) is 38.1 Å². The van der Waals surface area contributed by atoms with E-state index in [1.165, 1.54) is 12.8 Å². The minimum atomic E-state index is -0.492. The van der Waals surface area contributed by atoms with E-state index in [0.717, 1.165) is 50.2 Å². The maximum atomic E-state index is 12.9. The van der Waals surface area contributed by atoms with Gasteiger partial charge in [0.05, 0.1) is 17.3 Å². The van der Waals surface area contributed by atoms with E-state index < -0.39 is 5.91 Å². The molecule has 3 heterocycles. The lowest BCUT2D eigenvalue weighted by Crippen LogP contribution is -2.54. The van der Waals surface area contributed by atoms with Crippen molar-refractivity contribution < 1.29 is 9.59 Å². The van der Waals surface area contributed by atoms with Gasteiger partial charge in [-0.25, -0.2) is 0 Å². The fourth-order valence-electron chi connectivity index (χ4n) is 4.58. The lowest BCUT2D eigenvalue weighted by atomic mass is 9.93. The fraction of sp³-hybridized carbons (Fsp3) is 0.571. The number of benzene rings is 1. The highest BCUT2D eigenvalue weighted by atomic mass is 16.2. The first kappa shape index (κ1) is 19.8. The molecule has 8 nitrogen and oxygen atoms in total. The zero-order chi connectivity index (χ0) is 20.4. The summed E-state index contributed by atoms with van der Waals surface area (Å²) in [5.74, 6) is -0.314. The molecular formula is C21H30N6O2. The quantitative estimate of drug-likeness (QED) is 0.698. The van der Waals surface area contributed by atoms with E-state index in [4.69, 9.17) is 5.73 Å². The first-order valence-electron chi connectivity index (χ1n) is 10.5. The van der Waals surface area contributed by atoms with Crippen molar-refractivity contribution >= 4 is 22.7 Å². The Hall–Kier alpha value is -2.45. The van der Waals surface area contributed by atoms with Gasteiger partial charge in [0.2, 0.25) is 5.91 Å². The number of piperidine rings is 1. The van der Waals surface area contributed by atoms with Crippen LogP contribution in [-0.2, 0) is 4.79 Å². The molecule has 4 rings (SSSR count). The molecule has 2 aromatic rings. The number of nitrogens with two attached hydrogens (primary N) is 1. The number of nitrogens with zero attached hydrogens (tertiary/aromatic N) is 3. The molecule has 2 aliphatic heterocycles. The second-order valence-corrected chi connectivity index (χ2v) is 8.27. The zero-order valence-corrected chi connectivity index (χ0v) is 17.0. The van der Waals surface area contributed by atoms with Crippen LogP contribution >= 0.6 is 0 Å². The van der Waals surface area contributed by atoms with Crippen LogP contribution in [0.4, 0.5) is 0 Å². The summed E-state index contributed by atoms with van der Waals surface area (Å²) in [5, 5.41) is 11.1. The van der Waals surface area contributed by atoms with E-state index in [1.807, 2.05) is 17.9 Å². The summed E-state index contributed by atoms with van der Waals surface area (Å²) >= 11 is 0. The smallest absolute Gasteiger partial charge is 0.250 e. The molecule has 29 heavy (non-hydrogen) atoms. The second kappa shape index (κ2) is 8.51. The van der Waals surface area contributed by atoms with Crippen LogP contribution in [-0.4, -0.2) is 77.1 Å². The average molecular weight is 399 g/mol. The van der Waals surface area contributed by atoms with Gasteiger partial charge >= 0.3 is 0 Å². The van der Waals surface area contributed by atoms with E-state index in [9.17, 15) is 9.59 Å². The number of carbonyl (C=O) groups excluding carboxylic acids is 2. The second-order valence-electron chi connectivity index (χ2n) is 8.27. The molecule has 0 saturated carbocycles. The molecular weight excluding hydrogens is 368 g/mol. The van der Waals surface area contributed by atoms with Gasteiger partial charge in [-0.1, -0.05) is 6.92 Å². The van der Waals surface area contributed by atoms with Gasteiger partial charge in [-0.15, -0.1) is 0 Å². The van der Waals surface area contributed by atoms with Crippen molar-refractivity contribution in [3.63, 3.8) is 0 Å². The van der Waals surface area contributed by atoms with E-state index in [0.29, 0.717) is 23.5 Å². The highest BCUT2D eigenvalue weighted by Gasteiger charge is 2.27. The van der Waals surface area contributed by atoms with Gasteiger partial charge in [0.25, 0.3) is 5.91 Å². The molecule has 1 unspecified atom stereocenters. The Labute approximate surface area is 170 Å². The molecule has 2 saturated heterocycles. The SMILES string of the molecule is CC(CC(=O)N1CCN(C2CCNCC2)CC1)c1cc(C(N)=O)c2[nH]ncc2c1. The molecule has 0 aliphatic carbocycles. The Balaban J connectivity index is 1.37. The summed E-state index contributed by atoms with van der Waals surface area (Å²) in [4.78, 5) is 29.2. The largest absolute Gasteiger partial charge is 0.366 e. The maximum absolute atomic E-state index is 12.9. The van der Waals surface area contributed by atoms with Gasteiger partial charge in [-0.05, 0) is 49.5 Å². The Morgan fingerprint density at radius 3 is 2.62 bits per heavy atom. The number of fused-ring (bicyclic) bond motifs is 1. The van der Waals surface area contributed by atoms with Crippen molar-refractivity contribution in [3.05, 3.63) is 29.5 Å². The summed E-state index contributed by atoms with van der Waals surface area (Å²) in [6.07, 6.45) is 4.50. The number of amides is 2. The zero-order valence-electron chi connectivity index (χ0n) is 17.0. The molecule has 156 valence electrons. The first-order valence-corrected chi connectivity index (χ1v) is 10.5. The number of piperazine rings is 1. The van der Waals surface area contributed by atoms with Gasteiger partial charge in [0.1, 0.15) is 0 Å². The highest BCUT2D eigenvalue weighted by Crippen LogP contribution is 2.27. The minimum absolute atomic E-state index is 0.00217. The predicted molar refractivity (Wildman–Crippen MR) is 112 cm³/mol. The number of primary amides is 1. The molecule has 0 spiro atoms. The fourth-order valence-corrected chi connectivity index (χ4v) is 4.58. The number of nitrogens with one attached hydrogen (secondary N) is 2. The lowest BCUT2D eigenvalue weighted by Gasteiger charge is -2.41. The van der Waals surface area contributed by atoms with Crippen molar-refractivity contribution in [2.75, 3.05) is 39.3 Å². The third-order valence-corrected chi connectivity index (χ3v) is 6.38. The number of carbonyl (C=O) groups is 2. The molecule has 0 bridgehead atoms. The summed E-state index contributed by atoms with van der Waals surface area (Å²) in [6.45, 7) is 7.71. The van der Waals surface area contributed by atoms with Crippen molar-refractivity contribution in [1.82, 2.24) is 25.3 Å². The van der Waals surface area contributed by atoms with Crippen LogP contribution in [0.1, 0.15) is 48.0 Å². The molecule has 0 radical (unpaired) electrons. The van der Waals surface area contributed by atoms with E-state index >= 15 is 0 Å². The Morgan fingerprint density at radius 1 is 1.21 bits per heavy atom. The van der Waals surface area contributed by atoms with Gasteiger partial charge in [0.15, 0.2) is 0 Å². The molecule has 4 N–H and O–H groups in total. The molecule has 2 amide bonds. The van der Waals surface area contributed by atoms with Crippen LogP contribution in [0, 0.1) is 0 Å². The van der Waals surface area contributed by atoms with Gasteiger partial charge < -0.3 is 16.0 Å². The van der Waals surface area contributed by atoms with E-state index in [1.54, 1.807) is 12.3 Å². The standard InChI is InChI=1S/C21H30N6O2/c1-14(15-11-16-13-24-25-20(16)18(12-15)21(22)29)10-19(28)27-8-6-26(7-9-27)17-2-4-23-5-3-17/h11-14,17,23H,2-10H2,1H3,(H2,22,29)(H,24,25). The summed E-state index contributed by atoms with van der Waals surface area (Å²) in [7, 11) is 0. The first-order chi connectivity index (χ1) is 14.0. The number of rotatable bonds is 5. The van der Waals surface area contributed by atoms with Crippen LogP contribution in [0.2, 0.25) is 0 Å². The van der Waals surface area contributed by atoms with Crippen LogP contribution in [0.3, 0.4) is 0 Å². The predicted octanol–water partition coefficient (Wildman–Crippen LogP) is 1.05. The van der Waals surface area contributed by atoms with Gasteiger partial charge in [-0.3, -0.25) is 19.6 Å². The summed E-state index contributed by atoms with van der Waals surface area (Å²) in [6, 6.07) is 4.43. The van der Waals surface area contributed by atoms with Crippen molar-refractivity contribution in [2.24, 2.45) is 5.73 Å². The Morgan fingerprint density at radius 2 is 1.93 bits per heavy atom. The van der Waals surface area contributed by atoms with Crippen LogP contribution in [0.25, 0.3) is 10.9 Å².